The first-order valence-electron chi connectivity index (χ1n) is 24.9. The second kappa shape index (κ2) is 17.6. The molecule has 0 aromatic carbocycles. The molecule has 0 atom stereocenters. The minimum Gasteiger partial charge on any atom is -0.657 e. The van der Waals surface area contributed by atoms with E-state index in [-0.39, 0.29) is 50.8 Å². The van der Waals surface area contributed by atoms with E-state index >= 15 is 0 Å². The zero-order valence-corrected chi connectivity index (χ0v) is 48.9. The molecule has 0 fully saturated rings. The summed E-state index contributed by atoms with van der Waals surface area (Å²) in [5, 5.41) is 0. The van der Waals surface area contributed by atoms with Crippen molar-refractivity contribution in [1.29, 1.82) is 0 Å². The molecule has 6 aromatic rings. The summed E-state index contributed by atoms with van der Waals surface area (Å²) in [6, 6.07) is 17.9. The van der Waals surface area contributed by atoms with Gasteiger partial charge in [-0.1, -0.05) is 121 Å². The maximum absolute atomic E-state index is 5.65. The summed E-state index contributed by atoms with van der Waals surface area (Å²) in [6.45, 7) is 26.5. The molecule has 4 aliphatic heterocycles. The molecule has 70 heavy (non-hydrogen) atoms. The number of aryl methyl sites for hydroxylation is 4. The molecule has 342 valence electrons. The number of nitrogens with zero attached hydrogens (tertiary/aromatic N) is 8. The van der Waals surface area contributed by atoms with Crippen LogP contribution in [0.4, 0.5) is 0 Å². The van der Waals surface area contributed by atoms with Gasteiger partial charge in [0, 0.05) is 11.8 Å². The Bertz CT molecular complexity index is 3300. The van der Waals surface area contributed by atoms with Crippen LogP contribution in [0.1, 0.15) is 198 Å². The van der Waals surface area contributed by atoms with Crippen LogP contribution in [0.25, 0.3) is 88.7 Å². The molecule has 13 rings (SSSR count). The number of hydrogen-bond acceptors (Lipinski definition) is 4. The van der Waals surface area contributed by atoms with Crippen molar-refractivity contribution < 1.29 is 39.0 Å². The van der Waals surface area contributed by atoms with E-state index in [9.17, 15) is 0 Å². The average Bonchev–Trinajstić information content (AvgIpc) is 4.22. The van der Waals surface area contributed by atoms with Gasteiger partial charge >= 0.3 is 39.0 Å². The van der Waals surface area contributed by atoms with Crippen molar-refractivity contribution in [2.45, 2.75) is 133 Å². The summed E-state index contributed by atoms with van der Waals surface area (Å²) in [7, 11) is 0. The van der Waals surface area contributed by atoms with E-state index < -0.39 is 0 Å². The second-order valence-electron chi connectivity index (χ2n) is 19.9. The van der Waals surface area contributed by atoms with Crippen LogP contribution in [0.15, 0.2) is 48.5 Å². The Balaban J connectivity index is 0.00000284. The number of aromatic nitrogens is 8. The predicted octanol–water partition coefficient (Wildman–Crippen LogP) is 13.9. The molecule has 0 N–H and O–H groups in total. The monoisotopic (exact) mass is 1020 g/mol. The van der Waals surface area contributed by atoms with E-state index in [4.69, 9.17) is 39.9 Å². The Labute approximate surface area is 436 Å². The van der Waals surface area contributed by atoms with Crippen LogP contribution in [0.5, 0.6) is 0 Å². The Morgan fingerprint density at radius 2 is 0.486 bits per heavy atom. The van der Waals surface area contributed by atoms with Gasteiger partial charge in [-0.05, 0) is 138 Å². The summed E-state index contributed by atoms with van der Waals surface area (Å²) in [6.07, 6.45) is 5.62. The van der Waals surface area contributed by atoms with Crippen molar-refractivity contribution in [1.82, 2.24) is 39.9 Å². The van der Waals surface area contributed by atoms with Crippen LogP contribution >= 0.6 is 0 Å². The van der Waals surface area contributed by atoms with Crippen molar-refractivity contribution in [2.24, 2.45) is 0 Å². The van der Waals surface area contributed by atoms with Gasteiger partial charge in [-0.15, -0.1) is 44.1 Å². The van der Waals surface area contributed by atoms with Gasteiger partial charge in [0.05, 0.1) is 45.6 Å². The molecule has 10 heterocycles. The third-order valence-corrected chi connectivity index (χ3v) is 16.6. The molecule has 6 aromatic heterocycles. The third kappa shape index (κ3) is 7.01. The molecule has 0 radical (unpaired) electrons. The van der Waals surface area contributed by atoms with Gasteiger partial charge < -0.3 is 19.9 Å². The molecule has 3 aliphatic carbocycles. The normalized spacial score (nSPS) is 17.1. The van der Waals surface area contributed by atoms with Crippen molar-refractivity contribution in [3.8, 4) is 0 Å². The van der Waals surface area contributed by atoms with Gasteiger partial charge in [0.25, 0.3) is 0 Å². The first-order chi connectivity index (χ1) is 32.8. The van der Waals surface area contributed by atoms with E-state index in [1.165, 1.54) is 89.1 Å². The predicted molar refractivity (Wildman–Crippen MR) is 281 cm³/mol. The fourth-order valence-corrected chi connectivity index (χ4v) is 12.2. The molecule has 0 saturated carbocycles. The first-order valence-corrected chi connectivity index (χ1v) is 24.9. The van der Waals surface area contributed by atoms with Crippen molar-refractivity contribution >= 4 is 88.7 Å². The Morgan fingerprint density at radius 3 is 0.671 bits per heavy atom. The van der Waals surface area contributed by atoms with Gasteiger partial charge in [-0.2, -0.15) is 0 Å². The fraction of sp³-hybridized carbons (Fsp3) is 0.333. The third-order valence-electron chi connectivity index (χ3n) is 16.6. The molecule has 0 amide bonds. The van der Waals surface area contributed by atoms with Gasteiger partial charge in [-0.3, -0.25) is 0 Å². The Kier molecular flexibility index (Phi) is 12.1. The molecule has 8 nitrogen and oxygen atoms in total. The number of fused-ring (bicyclic) bond motifs is 17. The largest absolute Gasteiger partial charge is 2.00 e. The van der Waals surface area contributed by atoms with E-state index in [0.29, 0.717) is 0 Å². The van der Waals surface area contributed by atoms with Crippen LogP contribution < -0.4 is 19.9 Å². The van der Waals surface area contributed by atoms with Crippen LogP contribution in [0.3, 0.4) is 0 Å². The van der Waals surface area contributed by atoms with Crippen LogP contribution in [0, 0.1) is 0 Å². The SMILES string of the molecule is CCc1c(CC)c2cc3nc(cc4[n-]c(cc5nc(cc1[n-]2)C(C)=C5C)c1c4C2CCC1c1c2c2cc4nc(cc5[n-]c(cc6nc(cc1[n-]2)C(C)=C6C)c(CC)c5CC)C(C)=C4C)C(C)=C3C.[Zn+2].[Zn+2]. The maximum atomic E-state index is 5.65. The zero-order valence-electron chi connectivity index (χ0n) is 43.0. The Morgan fingerprint density at radius 1 is 0.314 bits per heavy atom. The van der Waals surface area contributed by atoms with E-state index in [1.54, 1.807) is 0 Å². The van der Waals surface area contributed by atoms with E-state index in [0.717, 1.165) is 128 Å². The molecular formula is C60H58N8Zn2. The number of allylic oxidation sites excluding steroid dienone is 8. The van der Waals surface area contributed by atoms with Crippen molar-refractivity contribution in [3.05, 3.63) is 139 Å². The minimum absolute atomic E-state index is 0. The quantitative estimate of drug-likeness (QED) is 0.161. The second-order valence-corrected chi connectivity index (χ2v) is 19.9. The van der Waals surface area contributed by atoms with Crippen LogP contribution in [-0.2, 0) is 64.6 Å². The molecule has 18 bridgehead atoms. The minimum atomic E-state index is 0. The summed E-state index contributed by atoms with van der Waals surface area (Å²) in [4.78, 5) is 43.4. The van der Waals surface area contributed by atoms with Gasteiger partial charge in [0.15, 0.2) is 0 Å². The molecular weight excluding hydrogens is 963 g/mol. The Hall–Kier alpha value is -5.55. The van der Waals surface area contributed by atoms with Gasteiger partial charge in [0.2, 0.25) is 0 Å². The summed E-state index contributed by atoms with van der Waals surface area (Å²) >= 11 is 0. The molecule has 0 unspecified atom stereocenters. The topological polar surface area (TPSA) is 108 Å². The summed E-state index contributed by atoms with van der Waals surface area (Å²) < 4.78 is 0. The van der Waals surface area contributed by atoms with Gasteiger partial charge in [0.1, 0.15) is 0 Å². The number of rotatable bonds is 4. The summed E-state index contributed by atoms with van der Waals surface area (Å²) in [5.74, 6) is 0.161. The average molecular weight is 1020 g/mol. The van der Waals surface area contributed by atoms with Crippen molar-refractivity contribution in [2.75, 3.05) is 0 Å². The van der Waals surface area contributed by atoms with E-state index in [2.05, 4.69) is 132 Å². The fourth-order valence-electron chi connectivity index (χ4n) is 12.2. The molecule has 7 aliphatic rings. The maximum Gasteiger partial charge on any atom is 2.00 e. The first kappa shape index (κ1) is 48.1. The zero-order chi connectivity index (χ0) is 47.2. The molecule has 10 heteroatoms. The standard InChI is InChI=1S/C60H58N8.2Zn/c1-13-35-36(14-2)50-20-42-28(6)32(10)46(62-42)24-54-58-40-18-17-39(57(58)53(67-54)23-45-31(9)27(5)41(61-45)19-49(35)65-50)59-55-25-47-33(11)29(7)43(63-47)21-51-37(15-3)38(16-4)52(66-51)22-44-30(8)34(12)48(64-44)26-56(68-55)60(40)59;;/h19-26,39-40H,13-18H2,1-12H3;;/q-4;2*+2. The van der Waals surface area contributed by atoms with Crippen molar-refractivity contribution in [3.63, 3.8) is 0 Å². The summed E-state index contributed by atoms with van der Waals surface area (Å²) in [5.41, 5.74) is 35.4. The van der Waals surface area contributed by atoms with Crippen LogP contribution in [0.2, 0.25) is 0 Å². The smallest absolute Gasteiger partial charge is 0.657 e. The molecule has 0 spiro atoms. The molecule has 0 saturated heterocycles. The van der Waals surface area contributed by atoms with Gasteiger partial charge in [-0.25, -0.2) is 19.9 Å². The number of hydrogen-bond donors (Lipinski definition) is 0. The van der Waals surface area contributed by atoms with Crippen LogP contribution in [-0.4, -0.2) is 19.9 Å². The van der Waals surface area contributed by atoms with E-state index in [1.807, 2.05) is 0 Å².